The van der Waals surface area contributed by atoms with Gasteiger partial charge >= 0.3 is 0 Å². The molecular weight excluding hydrogens is 396 g/mol. The van der Waals surface area contributed by atoms with E-state index < -0.39 is 9.84 Å². The van der Waals surface area contributed by atoms with Gasteiger partial charge in [-0.3, -0.25) is 4.57 Å². The normalized spacial score (nSPS) is 11.7. The van der Waals surface area contributed by atoms with Gasteiger partial charge in [0.15, 0.2) is 9.84 Å². The Morgan fingerprint density at radius 1 is 0.964 bits per heavy atom. The lowest BCUT2D eigenvalue weighted by atomic mass is 10.0. The van der Waals surface area contributed by atoms with Crippen LogP contribution in [-0.2, 0) is 9.84 Å². The van der Waals surface area contributed by atoms with Crippen LogP contribution in [0.25, 0.3) is 27.8 Å². The molecule has 0 N–H and O–H groups in total. The van der Waals surface area contributed by atoms with Gasteiger partial charge in [0, 0.05) is 11.9 Å². The Morgan fingerprint density at radius 2 is 1.64 bits per heavy atom. The molecule has 28 heavy (non-hydrogen) atoms. The number of benzene rings is 3. The van der Waals surface area contributed by atoms with Gasteiger partial charge in [-0.25, -0.2) is 13.4 Å². The Morgan fingerprint density at radius 3 is 2.29 bits per heavy atom. The van der Waals surface area contributed by atoms with Crippen LogP contribution in [0.1, 0.15) is 0 Å². The summed E-state index contributed by atoms with van der Waals surface area (Å²) in [5, 5.41) is 0.546. The van der Waals surface area contributed by atoms with Gasteiger partial charge < -0.3 is 4.74 Å². The van der Waals surface area contributed by atoms with E-state index in [1.807, 2.05) is 41.0 Å². The molecule has 0 aliphatic rings. The second-order valence-electron chi connectivity index (χ2n) is 6.43. The highest BCUT2D eigenvalue weighted by Gasteiger charge is 2.11. The summed E-state index contributed by atoms with van der Waals surface area (Å²) in [6, 6.07) is 18.4. The molecule has 0 bridgehead atoms. The van der Waals surface area contributed by atoms with Crippen LogP contribution in [-0.4, -0.2) is 31.3 Å². The maximum absolute atomic E-state index is 11.7. The molecule has 0 spiro atoms. The monoisotopic (exact) mass is 412 g/mol. The zero-order valence-electron chi connectivity index (χ0n) is 15.3. The number of hydrogen-bond donors (Lipinski definition) is 0. The summed E-state index contributed by atoms with van der Waals surface area (Å²) >= 11 is 6.26. The van der Waals surface area contributed by atoms with Crippen LogP contribution in [0.2, 0.25) is 5.02 Å². The van der Waals surface area contributed by atoms with Gasteiger partial charge in [-0.05, 0) is 59.7 Å². The number of ether oxygens (including phenoxy) is 1. The van der Waals surface area contributed by atoms with Crippen LogP contribution < -0.4 is 4.74 Å². The second-order valence-corrected chi connectivity index (χ2v) is 8.86. The number of hydrogen-bond acceptors (Lipinski definition) is 4. The molecule has 4 aromatic rings. The van der Waals surface area contributed by atoms with E-state index in [4.69, 9.17) is 16.3 Å². The standard InChI is InChI=1S/C21H17ClN2O3S/c1-27-21-10-4-14(11-18(21)22)15-3-9-19-20(12-15)24(13-23-19)16-5-7-17(8-6-16)28(2,25)26/h3-13H,1-2H3. The molecule has 142 valence electrons. The molecule has 0 fully saturated rings. The maximum atomic E-state index is 11.7. The first-order valence-electron chi connectivity index (χ1n) is 8.48. The Bertz CT molecular complexity index is 1280. The summed E-state index contributed by atoms with van der Waals surface area (Å²) in [5.41, 5.74) is 4.55. The number of imidazole rings is 1. The SMILES string of the molecule is COc1ccc(-c2ccc3ncn(-c4ccc(S(C)(=O)=O)cc4)c3c2)cc1Cl. The Hall–Kier alpha value is -2.83. The zero-order valence-corrected chi connectivity index (χ0v) is 16.8. The number of methoxy groups -OCH3 is 1. The topological polar surface area (TPSA) is 61.2 Å². The summed E-state index contributed by atoms with van der Waals surface area (Å²) in [6.07, 6.45) is 2.92. The lowest BCUT2D eigenvalue weighted by Gasteiger charge is -2.09. The summed E-state index contributed by atoms with van der Waals surface area (Å²) in [5.74, 6) is 0.627. The highest BCUT2D eigenvalue weighted by Crippen LogP contribution is 2.32. The Balaban J connectivity index is 1.79. The lowest BCUT2D eigenvalue weighted by molar-refractivity contribution is 0.415. The van der Waals surface area contributed by atoms with Crippen molar-refractivity contribution in [3.05, 3.63) is 72.0 Å². The van der Waals surface area contributed by atoms with Crippen molar-refractivity contribution in [2.24, 2.45) is 0 Å². The highest BCUT2D eigenvalue weighted by atomic mass is 35.5. The molecule has 1 aromatic heterocycles. The van der Waals surface area contributed by atoms with Gasteiger partial charge in [0.25, 0.3) is 0 Å². The fourth-order valence-electron chi connectivity index (χ4n) is 3.09. The van der Waals surface area contributed by atoms with Crippen molar-refractivity contribution < 1.29 is 13.2 Å². The maximum Gasteiger partial charge on any atom is 0.175 e. The van der Waals surface area contributed by atoms with E-state index in [2.05, 4.69) is 4.98 Å². The zero-order chi connectivity index (χ0) is 19.9. The van der Waals surface area contributed by atoms with Crippen LogP contribution in [0, 0.1) is 0 Å². The summed E-state index contributed by atoms with van der Waals surface area (Å²) < 4.78 is 30.5. The van der Waals surface area contributed by atoms with Gasteiger partial charge in [0.05, 0.1) is 28.1 Å². The smallest absolute Gasteiger partial charge is 0.175 e. The Kier molecular flexibility index (Phi) is 4.61. The minimum absolute atomic E-state index is 0.286. The van der Waals surface area contributed by atoms with E-state index in [0.29, 0.717) is 10.8 Å². The molecule has 3 aromatic carbocycles. The second kappa shape index (κ2) is 6.96. The molecular formula is C21H17ClN2O3S. The average molecular weight is 413 g/mol. The highest BCUT2D eigenvalue weighted by molar-refractivity contribution is 7.90. The molecule has 0 atom stereocenters. The van der Waals surface area contributed by atoms with Crippen LogP contribution in [0.15, 0.2) is 71.9 Å². The van der Waals surface area contributed by atoms with Crippen molar-refractivity contribution in [1.29, 1.82) is 0 Å². The predicted molar refractivity (Wildman–Crippen MR) is 111 cm³/mol. The fraction of sp³-hybridized carbons (Fsp3) is 0.0952. The summed E-state index contributed by atoms with van der Waals surface area (Å²) in [7, 11) is -1.65. The minimum Gasteiger partial charge on any atom is -0.495 e. The van der Waals surface area contributed by atoms with Crippen LogP contribution in [0.3, 0.4) is 0 Å². The molecule has 1 heterocycles. The van der Waals surface area contributed by atoms with E-state index in [1.54, 1.807) is 37.7 Å². The molecule has 5 nitrogen and oxygen atoms in total. The van der Waals surface area contributed by atoms with Crippen LogP contribution in [0.5, 0.6) is 5.75 Å². The molecule has 4 rings (SSSR count). The van der Waals surface area contributed by atoms with Crippen molar-refractivity contribution in [3.63, 3.8) is 0 Å². The summed E-state index contributed by atoms with van der Waals surface area (Å²) in [4.78, 5) is 4.73. The van der Waals surface area contributed by atoms with Crippen molar-refractivity contribution in [3.8, 4) is 22.6 Å². The number of halogens is 1. The third-order valence-electron chi connectivity index (χ3n) is 4.58. The average Bonchev–Trinajstić information content (AvgIpc) is 3.10. The molecule has 0 radical (unpaired) electrons. The van der Waals surface area contributed by atoms with Crippen molar-refractivity contribution >= 4 is 32.5 Å². The molecule has 0 aliphatic carbocycles. The first kappa shape index (κ1) is 18.5. The fourth-order valence-corrected chi connectivity index (χ4v) is 3.98. The molecule has 0 amide bonds. The number of rotatable bonds is 4. The van der Waals surface area contributed by atoms with Gasteiger partial charge in [-0.15, -0.1) is 0 Å². The minimum atomic E-state index is -3.23. The molecule has 7 heteroatoms. The van der Waals surface area contributed by atoms with E-state index in [9.17, 15) is 8.42 Å². The number of sulfone groups is 1. The first-order valence-corrected chi connectivity index (χ1v) is 10.8. The Labute approximate surface area is 168 Å². The number of nitrogens with zero attached hydrogens (tertiary/aromatic N) is 2. The molecule has 0 saturated heterocycles. The lowest BCUT2D eigenvalue weighted by Crippen LogP contribution is -1.98. The van der Waals surface area contributed by atoms with Gasteiger partial charge in [-0.2, -0.15) is 0 Å². The van der Waals surface area contributed by atoms with Crippen molar-refractivity contribution in [2.75, 3.05) is 13.4 Å². The van der Waals surface area contributed by atoms with E-state index in [-0.39, 0.29) is 4.90 Å². The number of aromatic nitrogens is 2. The van der Waals surface area contributed by atoms with Gasteiger partial charge in [0.2, 0.25) is 0 Å². The molecule has 0 unspecified atom stereocenters. The van der Waals surface area contributed by atoms with E-state index in [1.165, 1.54) is 6.26 Å². The van der Waals surface area contributed by atoms with Gasteiger partial charge in [-0.1, -0.05) is 23.7 Å². The third kappa shape index (κ3) is 3.37. The van der Waals surface area contributed by atoms with E-state index >= 15 is 0 Å². The van der Waals surface area contributed by atoms with Crippen molar-refractivity contribution in [1.82, 2.24) is 9.55 Å². The largest absolute Gasteiger partial charge is 0.495 e. The van der Waals surface area contributed by atoms with Gasteiger partial charge in [0.1, 0.15) is 12.1 Å². The van der Waals surface area contributed by atoms with E-state index in [0.717, 1.165) is 27.8 Å². The molecule has 0 aliphatic heterocycles. The third-order valence-corrected chi connectivity index (χ3v) is 6.00. The first-order chi connectivity index (χ1) is 13.4. The number of fused-ring (bicyclic) bond motifs is 1. The summed E-state index contributed by atoms with van der Waals surface area (Å²) in [6.45, 7) is 0. The van der Waals surface area contributed by atoms with Crippen molar-refractivity contribution in [2.45, 2.75) is 4.90 Å². The quantitative estimate of drug-likeness (QED) is 0.485. The predicted octanol–water partition coefficient (Wildman–Crippen LogP) is 4.76. The van der Waals surface area contributed by atoms with Crippen LogP contribution >= 0.6 is 11.6 Å². The van der Waals surface area contributed by atoms with Crippen LogP contribution in [0.4, 0.5) is 0 Å². The molecule has 0 saturated carbocycles.